The largest absolute Gasteiger partial charge is 0.497 e. The van der Waals surface area contributed by atoms with Crippen LogP contribution in [-0.2, 0) is 19.4 Å². The number of hydrogen-bond donors (Lipinski definition) is 1. The van der Waals surface area contributed by atoms with Gasteiger partial charge in [0, 0.05) is 19.1 Å². The van der Waals surface area contributed by atoms with Gasteiger partial charge in [-0.1, -0.05) is 54.6 Å². The lowest BCUT2D eigenvalue weighted by molar-refractivity contribution is 0.0463. The van der Waals surface area contributed by atoms with Gasteiger partial charge in [0.05, 0.1) is 7.11 Å². The first-order valence-electron chi connectivity index (χ1n) is 11.5. The molecule has 4 nitrogen and oxygen atoms in total. The highest BCUT2D eigenvalue weighted by Crippen LogP contribution is 2.28. The molecule has 0 heterocycles. The average Bonchev–Trinajstić information content (AvgIpc) is 3.05. The molecule has 3 aromatic rings. The first kappa shape index (κ1) is 22.4. The minimum absolute atomic E-state index is 0.288. The maximum Gasteiger partial charge on any atom is 0.119 e. The Morgan fingerprint density at radius 3 is 2.44 bits per heavy atom. The number of aryl methyl sites for hydroxylation is 1. The molecule has 32 heavy (non-hydrogen) atoms. The predicted molar refractivity (Wildman–Crippen MR) is 128 cm³/mol. The van der Waals surface area contributed by atoms with Crippen LogP contribution in [0.25, 0.3) is 0 Å². The second kappa shape index (κ2) is 11.2. The van der Waals surface area contributed by atoms with E-state index in [2.05, 4.69) is 47.4 Å². The smallest absolute Gasteiger partial charge is 0.119 e. The van der Waals surface area contributed by atoms with E-state index in [1.807, 2.05) is 36.4 Å². The molecule has 0 radical (unpaired) electrons. The Morgan fingerprint density at radius 2 is 1.69 bits per heavy atom. The summed E-state index contributed by atoms with van der Waals surface area (Å²) in [5.74, 6) is 1.72. The second-order valence-corrected chi connectivity index (χ2v) is 8.58. The van der Waals surface area contributed by atoms with Crippen LogP contribution in [-0.4, -0.2) is 42.4 Å². The fourth-order valence-electron chi connectivity index (χ4n) is 4.55. The highest BCUT2D eigenvalue weighted by atomic mass is 16.5. The Kier molecular flexibility index (Phi) is 7.81. The highest BCUT2D eigenvalue weighted by Gasteiger charge is 2.25. The first-order valence-corrected chi connectivity index (χ1v) is 11.5. The van der Waals surface area contributed by atoms with Crippen LogP contribution in [0.2, 0.25) is 0 Å². The van der Waals surface area contributed by atoms with Gasteiger partial charge >= 0.3 is 0 Å². The van der Waals surface area contributed by atoms with Crippen molar-refractivity contribution in [3.63, 3.8) is 0 Å². The molecule has 2 atom stereocenters. The van der Waals surface area contributed by atoms with Gasteiger partial charge in [-0.25, -0.2) is 0 Å². The zero-order chi connectivity index (χ0) is 22.2. The van der Waals surface area contributed by atoms with Gasteiger partial charge < -0.3 is 14.6 Å². The molecule has 3 aromatic carbocycles. The number of aliphatic hydroxyl groups excluding tert-OH is 1. The van der Waals surface area contributed by atoms with E-state index in [1.54, 1.807) is 7.11 Å². The summed E-state index contributed by atoms with van der Waals surface area (Å²) in [7, 11) is 1.72. The van der Waals surface area contributed by atoms with Gasteiger partial charge in [-0.15, -0.1) is 0 Å². The van der Waals surface area contributed by atoms with Crippen LogP contribution in [0.4, 0.5) is 0 Å². The fourth-order valence-corrected chi connectivity index (χ4v) is 4.55. The maximum atomic E-state index is 10.8. The summed E-state index contributed by atoms with van der Waals surface area (Å²) < 4.78 is 11.3. The van der Waals surface area contributed by atoms with E-state index >= 15 is 0 Å². The molecule has 1 unspecified atom stereocenters. The lowest BCUT2D eigenvalue weighted by Gasteiger charge is -2.33. The predicted octanol–water partition coefficient (Wildman–Crippen LogP) is 4.88. The maximum absolute atomic E-state index is 10.8. The van der Waals surface area contributed by atoms with E-state index in [0.29, 0.717) is 12.6 Å². The van der Waals surface area contributed by atoms with Crippen LogP contribution in [0.1, 0.15) is 29.5 Å². The number of fused-ring (bicyclic) bond motifs is 1. The molecule has 0 aliphatic heterocycles. The molecule has 4 rings (SSSR count). The van der Waals surface area contributed by atoms with Gasteiger partial charge in [-0.05, 0) is 66.6 Å². The third kappa shape index (κ3) is 6.12. The van der Waals surface area contributed by atoms with Crippen molar-refractivity contribution in [3.05, 3.63) is 95.6 Å². The van der Waals surface area contributed by atoms with Gasteiger partial charge in [0.15, 0.2) is 0 Å². The van der Waals surface area contributed by atoms with Crippen LogP contribution in [0.15, 0.2) is 78.9 Å². The summed E-state index contributed by atoms with van der Waals surface area (Å²) in [6, 6.07) is 27.1. The summed E-state index contributed by atoms with van der Waals surface area (Å²) in [6.07, 6.45) is 3.74. The lowest BCUT2D eigenvalue weighted by Crippen LogP contribution is -2.42. The molecule has 0 bridgehead atoms. The number of nitrogens with zero attached hydrogens (tertiary/aromatic N) is 1. The molecule has 0 saturated heterocycles. The van der Waals surface area contributed by atoms with E-state index in [-0.39, 0.29) is 6.61 Å². The summed E-state index contributed by atoms with van der Waals surface area (Å²) in [5, 5.41) is 10.8. The number of aliphatic hydroxyl groups is 1. The Balaban J connectivity index is 1.47. The van der Waals surface area contributed by atoms with E-state index in [4.69, 9.17) is 9.47 Å². The monoisotopic (exact) mass is 431 g/mol. The van der Waals surface area contributed by atoms with Crippen molar-refractivity contribution in [1.82, 2.24) is 4.90 Å². The van der Waals surface area contributed by atoms with Crippen molar-refractivity contribution in [2.24, 2.45) is 0 Å². The Labute approximate surface area is 191 Å². The summed E-state index contributed by atoms with van der Waals surface area (Å²) in [5.41, 5.74) is 4.05. The van der Waals surface area contributed by atoms with E-state index in [0.717, 1.165) is 43.7 Å². The zero-order valence-corrected chi connectivity index (χ0v) is 18.8. The third-order valence-electron chi connectivity index (χ3n) is 6.23. The number of hydrogen-bond acceptors (Lipinski definition) is 4. The van der Waals surface area contributed by atoms with Gasteiger partial charge in [0.2, 0.25) is 0 Å². The SMILES string of the molecule is COc1ccc2c(c1)CCCC(N(Cc1ccccc1)C[C@H](O)COc1ccccc1)C2. The molecule has 1 N–H and O–H groups in total. The topological polar surface area (TPSA) is 41.9 Å². The Hall–Kier alpha value is -2.82. The number of rotatable bonds is 9. The zero-order valence-electron chi connectivity index (χ0n) is 18.8. The molecule has 0 saturated carbocycles. The van der Waals surface area contributed by atoms with Crippen LogP contribution in [0.5, 0.6) is 11.5 Å². The van der Waals surface area contributed by atoms with Gasteiger partial charge in [0.1, 0.15) is 24.2 Å². The van der Waals surface area contributed by atoms with Crippen molar-refractivity contribution >= 4 is 0 Å². The van der Waals surface area contributed by atoms with Crippen LogP contribution in [0.3, 0.4) is 0 Å². The number of ether oxygens (including phenoxy) is 2. The van der Waals surface area contributed by atoms with E-state index in [1.165, 1.54) is 16.7 Å². The van der Waals surface area contributed by atoms with Crippen LogP contribution >= 0.6 is 0 Å². The number of para-hydroxylation sites is 1. The van der Waals surface area contributed by atoms with E-state index in [9.17, 15) is 5.11 Å². The van der Waals surface area contributed by atoms with Crippen molar-refractivity contribution in [2.45, 2.75) is 44.4 Å². The first-order chi connectivity index (χ1) is 15.7. The van der Waals surface area contributed by atoms with Crippen molar-refractivity contribution in [3.8, 4) is 11.5 Å². The number of methoxy groups -OCH3 is 1. The molecule has 1 aliphatic carbocycles. The third-order valence-corrected chi connectivity index (χ3v) is 6.23. The van der Waals surface area contributed by atoms with Crippen molar-refractivity contribution in [1.29, 1.82) is 0 Å². The summed E-state index contributed by atoms with van der Waals surface area (Å²) in [6.45, 7) is 1.69. The molecule has 0 fully saturated rings. The molecule has 0 spiro atoms. The van der Waals surface area contributed by atoms with Crippen molar-refractivity contribution in [2.75, 3.05) is 20.3 Å². The molecular formula is C28H33NO3. The molecular weight excluding hydrogens is 398 g/mol. The van der Waals surface area contributed by atoms with Crippen LogP contribution < -0.4 is 9.47 Å². The van der Waals surface area contributed by atoms with Crippen molar-refractivity contribution < 1.29 is 14.6 Å². The van der Waals surface area contributed by atoms with Gasteiger partial charge in [-0.3, -0.25) is 4.90 Å². The quantitative estimate of drug-likeness (QED) is 0.490. The van der Waals surface area contributed by atoms with Gasteiger partial charge in [0.25, 0.3) is 0 Å². The molecule has 168 valence electrons. The minimum atomic E-state index is -0.558. The minimum Gasteiger partial charge on any atom is -0.497 e. The fraction of sp³-hybridized carbons (Fsp3) is 0.357. The molecule has 0 aromatic heterocycles. The average molecular weight is 432 g/mol. The Bertz CT molecular complexity index is 961. The van der Waals surface area contributed by atoms with E-state index < -0.39 is 6.10 Å². The standard InChI is InChI=1S/C28H33NO3/c1-31-28-16-15-24-17-25(12-8-11-23(24)18-28)29(19-22-9-4-2-5-10-22)20-26(30)21-32-27-13-6-3-7-14-27/h2-7,9-10,13-16,18,25-26,30H,8,11-12,17,19-21H2,1H3/t25?,26-/m0/s1. The normalized spacial score (nSPS) is 16.8. The summed E-state index contributed by atoms with van der Waals surface area (Å²) in [4.78, 5) is 2.44. The summed E-state index contributed by atoms with van der Waals surface area (Å²) >= 11 is 0. The number of benzene rings is 3. The molecule has 0 amide bonds. The lowest BCUT2D eigenvalue weighted by atomic mass is 10.00. The highest BCUT2D eigenvalue weighted by molar-refractivity contribution is 5.37. The second-order valence-electron chi connectivity index (χ2n) is 8.58. The molecule has 1 aliphatic rings. The van der Waals surface area contributed by atoms with Crippen LogP contribution in [0, 0.1) is 0 Å². The molecule has 4 heteroatoms. The van der Waals surface area contributed by atoms with Gasteiger partial charge in [-0.2, -0.15) is 0 Å². The Morgan fingerprint density at radius 1 is 0.938 bits per heavy atom.